The molecule has 266 valence electrons. The number of unbranched alkanes of at least 4 members (excludes halogenated alkanes) is 26. The number of rotatable bonds is 30. The summed E-state index contributed by atoms with van der Waals surface area (Å²) in [5.41, 5.74) is 6.29. The normalized spacial score (nSPS) is 13.3. The molecule has 0 saturated carbocycles. The van der Waals surface area contributed by atoms with Crippen molar-refractivity contribution in [2.24, 2.45) is 0 Å². The van der Waals surface area contributed by atoms with Gasteiger partial charge in [-0.1, -0.05) is 238 Å². The maximum absolute atomic E-state index is 3.86. The van der Waals surface area contributed by atoms with Gasteiger partial charge in [0, 0.05) is 14.4 Å². The fourth-order valence-electron chi connectivity index (χ4n) is 8.35. The predicted octanol–water partition coefficient (Wildman–Crippen LogP) is 17.2. The summed E-state index contributed by atoms with van der Waals surface area (Å²) in [6, 6.07) is 14.2. The van der Waals surface area contributed by atoms with Gasteiger partial charge in [0.25, 0.3) is 0 Å². The maximum atomic E-state index is 3.86. The minimum atomic E-state index is 0.159. The van der Waals surface area contributed by atoms with E-state index in [9.17, 15) is 0 Å². The number of halogens is 2. The summed E-state index contributed by atoms with van der Waals surface area (Å²) < 4.78 is 2.46. The van der Waals surface area contributed by atoms with Gasteiger partial charge in [-0.05, 0) is 59.4 Å². The maximum Gasteiger partial charge on any atom is 0.0216 e. The van der Waals surface area contributed by atoms with E-state index in [1.54, 1.807) is 11.1 Å². The summed E-state index contributed by atoms with van der Waals surface area (Å²) in [5.74, 6) is 0. The van der Waals surface area contributed by atoms with E-state index in [0.717, 1.165) is 0 Å². The molecule has 0 aromatic heterocycles. The number of fused-ring (bicyclic) bond motifs is 3. The van der Waals surface area contributed by atoms with Crippen molar-refractivity contribution in [1.82, 2.24) is 0 Å². The third kappa shape index (κ3) is 15.0. The molecule has 2 aromatic carbocycles. The predicted molar refractivity (Wildman–Crippen MR) is 218 cm³/mol. The molecule has 0 unspecified atom stereocenters. The summed E-state index contributed by atoms with van der Waals surface area (Å²) in [6.45, 7) is 4.62. The minimum absolute atomic E-state index is 0.159. The van der Waals surface area contributed by atoms with Crippen LogP contribution in [0.3, 0.4) is 0 Å². The Kier molecular flexibility index (Phi) is 22.0. The standard InChI is InChI=1S/C45H72Br2/c1-3-5-7-9-11-13-15-17-19-21-23-25-27-29-35-45(36-30-28-26-24-22-20-18-16-14-12-10-8-6-4-2)43-37-39(46)31-33-41(43)42-34-32-40(47)38-44(42)45/h31-34,37-38H,3-30,35-36H2,1-2H3. The van der Waals surface area contributed by atoms with E-state index in [1.807, 2.05) is 0 Å². The largest absolute Gasteiger partial charge is 0.0654 e. The monoisotopic (exact) mass is 770 g/mol. The molecule has 0 radical (unpaired) electrons. The second kappa shape index (κ2) is 25.4. The molecule has 0 amide bonds. The molecule has 0 N–H and O–H groups in total. The Morgan fingerprint density at radius 1 is 0.362 bits per heavy atom. The molecular formula is C45H72Br2. The van der Waals surface area contributed by atoms with Crippen molar-refractivity contribution in [1.29, 1.82) is 0 Å². The van der Waals surface area contributed by atoms with Gasteiger partial charge in [-0.3, -0.25) is 0 Å². The van der Waals surface area contributed by atoms with Crippen LogP contribution in [0.5, 0.6) is 0 Å². The average Bonchev–Trinajstić information content (AvgIpc) is 3.32. The molecular weight excluding hydrogens is 700 g/mol. The smallest absolute Gasteiger partial charge is 0.0216 e. The van der Waals surface area contributed by atoms with E-state index >= 15 is 0 Å². The zero-order valence-corrected chi connectivity index (χ0v) is 34.1. The Bertz CT molecular complexity index is 986. The number of hydrogen-bond donors (Lipinski definition) is 0. The molecule has 0 spiro atoms. The summed E-state index contributed by atoms with van der Waals surface area (Å²) >= 11 is 7.72. The second-order valence-electron chi connectivity index (χ2n) is 15.2. The zero-order valence-electron chi connectivity index (χ0n) is 30.9. The van der Waals surface area contributed by atoms with Crippen molar-refractivity contribution < 1.29 is 0 Å². The highest BCUT2D eigenvalue weighted by atomic mass is 79.9. The van der Waals surface area contributed by atoms with E-state index in [2.05, 4.69) is 82.1 Å². The van der Waals surface area contributed by atoms with Crippen LogP contribution < -0.4 is 0 Å². The summed E-state index contributed by atoms with van der Waals surface area (Å²) in [6.07, 6.45) is 42.5. The molecule has 0 bridgehead atoms. The van der Waals surface area contributed by atoms with Crippen LogP contribution in [0, 0.1) is 0 Å². The fourth-order valence-corrected chi connectivity index (χ4v) is 9.07. The quantitative estimate of drug-likeness (QED) is 0.0694. The molecule has 0 fully saturated rings. The van der Waals surface area contributed by atoms with Crippen molar-refractivity contribution >= 4 is 31.9 Å². The van der Waals surface area contributed by atoms with Crippen LogP contribution in [-0.4, -0.2) is 0 Å². The molecule has 0 atom stereocenters. The van der Waals surface area contributed by atoms with Crippen LogP contribution in [0.2, 0.25) is 0 Å². The van der Waals surface area contributed by atoms with Gasteiger partial charge in [-0.25, -0.2) is 0 Å². The Morgan fingerprint density at radius 2 is 0.617 bits per heavy atom. The summed E-state index contributed by atoms with van der Waals surface area (Å²) in [5, 5.41) is 0. The average molecular weight is 773 g/mol. The second-order valence-corrected chi connectivity index (χ2v) is 17.0. The van der Waals surface area contributed by atoms with Gasteiger partial charge in [0.15, 0.2) is 0 Å². The van der Waals surface area contributed by atoms with E-state index in [0.29, 0.717) is 0 Å². The molecule has 0 heterocycles. The van der Waals surface area contributed by atoms with Crippen molar-refractivity contribution in [2.75, 3.05) is 0 Å². The third-order valence-corrected chi connectivity index (χ3v) is 12.2. The molecule has 0 aliphatic heterocycles. The minimum Gasteiger partial charge on any atom is -0.0654 e. The van der Waals surface area contributed by atoms with Crippen molar-refractivity contribution in [3.05, 3.63) is 56.5 Å². The molecule has 2 heteroatoms. The van der Waals surface area contributed by atoms with E-state index < -0.39 is 0 Å². The van der Waals surface area contributed by atoms with Crippen LogP contribution in [0.15, 0.2) is 45.3 Å². The van der Waals surface area contributed by atoms with Gasteiger partial charge in [-0.2, -0.15) is 0 Å². The Hall–Kier alpha value is -0.600. The third-order valence-electron chi connectivity index (χ3n) is 11.2. The number of hydrogen-bond acceptors (Lipinski definition) is 0. The first-order valence-electron chi connectivity index (χ1n) is 20.7. The first-order chi connectivity index (χ1) is 23.1. The van der Waals surface area contributed by atoms with Crippen LogP contribution in [0.4, 0.5) is 0 Å². The lowest BCUT2D eigenvalue weighted by molar-refractivity contribution is 0.396. The molecule has 2 aromatic rings. The van der Waals surface area contributed by atoms with E-state index in [-0.39, 0.29) is 5.41 Å². The van der Waals surface area contributed by atoms with Crippen LogP contribution in [0.1, 0.15) is 218 Å². The molecule has 1 aliphatic rings. The Balaban J connectivity index is 1.42. The lowest BCUT2D eigenvalue weighted by Crippen LogP contribution is -2.25. The Labute approximate surface area is 309 Å². The van der Waals surface area contributed by atoms with Crippen LogP contribution >= 0.6 is 31.9 Å². The molecule has 0 saturated heterocycles. The SMILES string of the molecule is CCCCCCCCCCCCCCCCC1(CCCCCCCCCCCCCCCC)c2cc(Br)ccc2-c2ccc(Br)cc21. The molecule has 0 nitrogen and oxygen atoms in total. The van der Waals surface area contributed by atoms with Crippen molar-refractivity contribution in [2.45, 2.75) is 212 Å². The highest BCUT2D eigenvalue weighted by Gasteiger charge is 2.42. The fraction of sp³-hybridized carbons (Fsp3) is 0.733. The van der Waals surface area contributed by atoms with E-state index in [1.165, 1.54) is 213 Å². The van der Waals surface area contributed by atoms with Gasteiger partial charge in [0.05, 0.1) is 0 Å². The van der Waals surface area contributed by atoms with Gasteiger partial charge in [-0.15, -0.1) is 0 Å². The topological polar surface area (TPSA) is 0 Å². The molecule has 3 rings (SSSR count). The van der Waals surface area contributed by atoms with Gasteiger partial charge < -0.3 is 0 Å². The lowest BCUT2D eigenvalue weighted by atomic mass is 9.70. The van der Waals surface area contributed by atoms with Gasteiger partial charge >= 0.3 is 0 Å². The van der Waals surface area contributed by atoms with Crippen LogP contribution in [0.25, 0.3) is 11.1 Å². The first-order valence-corrected chi connectivity index (χ1v) is 22.3. The van der Waals surface area contributed by atoms with Crippen molar-refractivity contribution in [3.8, 4) is 11.1 Å². The zero-order chi connectivity index (χ0) is 33.4. The van der Waals surface area contributed by atoms with Gasteiger partial charge in [0.2, 0.25) is 0 Å². The highest BCUT2D eigenvalue weighted by molar-refractivity contribution is 9.10. The van der Waals surface area contributed by atoms with Gasteiger partial charge in [0.1, 0.15) is 0 Å². The molecule has 47 heavy (non-hydrogen) atoms. The summed E-state index contributed by atoms with van der Waals surface area (Å²) in [4.78, 5) is 0. The number of benzene rings is 2. The summed E-state index contributed by atoms with van der Waals surface area (Å²) in [7, 11) is 0. The Morgan fingerprint density at radius 3 is 0.894 bits per heavy atom. The molecule has 1 aliphatic carbocycles. The first kappa shape index (κ1) is 40.8. The lowest BCUT2D eigenvalue weighted by Gasteiger charge is -2.33. The van der Waals surface area contributed by atoms with E-state index in [4.69, 9.17) is 0 Å². The van der Waals surface area contributed by atoms with Crippen LogP contribution in [-0.2, 0) is 5.41 Å². The highest BCUT2D eigenvalue weighted by Crippen LogP contribution is 2.55. The van der Waals surface area contributed by atoms with Crippen molar-refractivity contribution in [3.63, 3.8) is 0 Å².